The molecule has 1 saturated heterocycles. The maximum absolute atomic E-state index is 12.2. The molecule has 0 radical (unpaired) electrons. The topological polar surface area (TPSA) is 66.5 Å². The largest absolute Gasteiger partial charge is 0.343 e. The summed E-state index contributed by atoms with van der Waals surface area (Å²) in [6.45, 7) is 5.66. The van der Waals surface area contributed by atoms with Crippen LogP contribution >= 0.6 is 12.4 Å². The van der Waals surface area contributed by atoms with E-state index < -0.39 is 9.84 Å². The predicted molar refractivity (Wildman–Crippen MR) is 95.8 cm³/mol. The van der Waals surface area contributed by atoms with E-state index in [1.54, 1.807) is 0 Å². The SMILES string of the molecule is CCNCC1CCN(C(=O)CCS(=O)(=O)C2CCCC2)CC1.Cl. The molecule has 0 aromatic heterocycles. The first-order chi connectivity index (χ1) is 10.5. The van der Waals surface area contributed by atoms with Crippen LogP contribution in [0.1, 0.15) is 51.9 Å². The van der Waals surface area contributed by atoms with Crippen molar-refractivity contribution in [3.05, 3.63) is 0 Å². The fraction of sp³-hybridized carbons (Fsp3) is 0.938. The zero-order valence-corrected chi connectivity index (χ0v) is 15.8. The van der Waals surface area contributed by atoms with Crippen LogP contribution in [0, 0.1) is 5.92 Å². The van der Waals surface area contributed by atoms with Gasteiger partial charge in [0.15, 0.2) is 9.84 Å². The summed E-state index contributed by atoms with van der Waals surface area (Å²) >= 11 is 0. The van der Waals surface area contributed by atoms with Crippen LogP contribution < -0.4 is 5.32 Å². The van der Waals surface area contributed by atoms with E-state index in [2.05, 4.69) is 12.2 Å². The lowest BCUT2D eigenvalue weighted by Gasteiger charge is -2.32. The third-order valence-electron chi connectivity index (χ3n) is 5.06. The number of rotatable bonds is 7. The molecule has 136 valence electrons. The first-order valence-corrected chi connectivity index (χ1v) is 10.4. The molecule has 1 N–H and O–H groups in total. The number of halogens is 1. The third kappa shape index (κ3) is 6.24. The number of likely N-dealkylation sites (tertiary alicyclic amines) is 1. The van der Waals surface area contributed by atoms with E-state index in [-0.39, 0.29) is 35.7 Å². The molecule has 2 aliphatic rings. The maximum atomic E-state index is 12.2. The van der Waals surface area contributed by atoms with Gasteiger partial charge in [-0.3, -0.25) is 4.79 Å². The fourth-order valence-electron chi connectivity index (χ4n) is 3.54. The molecule has 2 fully saturated rings. The standard InChI is InChI=1S/C16H30N2O3S.ClH/c1-2-17-13-14-7-10-18(11-8-14)16(19)9-12-22(20,21)15-5-3-4-6-15;/h14-15,17H,2-13H2,1H3;1H. The maximum Gasteiger partial charge on any atom is 0.223 e. The van der Waals surface area contributed by atoms with Crippen molar-refractivity contribution in [2.24, 2.45) is 5.92 Å². The second-order valence-corrected chi connectivity index (χ2v) is 9.06. The molecule has 0 spiro atoms. The molecule has 1 aliphatic carbocycles. The van der Waals surface area contributed by atoms with Crippen LogP contribution in [0.5, 0.6) is 0 Å². The van der Waals surface area contributed by atoms with Gasteiger partial charge < -0.3 is 10.2 Å². The van der Waals surface area contributed by atoms with Crippen molar-refractivity contribution in [2.45, 2.75) is 57.1 Å². The Hall–Kier alpha value is -0.330. The summed E-state index contributed by atoms with van der Waals surface area (Å²) in [5, 5.41) is 3.17. The number of nitrogens with zero attached hydrogens (tertiary/aromatic N) is 1. The van der Waals surface area contributed by atoms with E-state index >= 15 is 0 Å². The minimum absolute atomic E-state index is 0. The highest BCUT2D eigenvalue weighted by Crippen LogP contribution is 2.26. The fourth-order valence-corrected chi connectivity index (χ4v) is 5.38. The van der Waals surface area contributed by atoms with Gasteiger partial charge in [-0.25, -0.2) is 8.42 Å². The normalized spacial score (nSPS) is 20.5. The van der Waals surface area contributed by atoms with Crippen molar-refractivity contribution in [3.8, 4) is 0 Å². The van der Waals surface area contributed by atoms with Gasteiger partial charge in [-0.2, -0.15) is 0 Å². The van der Waals surface area contributed by atoms with E-state index in [0.717, 1.165) is 64.7 Å². The van der Waals surface area contributed by atoms with Crippen molar-refractivity contribution in [1.29, 1.82) is 0 Å². The number of hydrogen-bond acceptors (Lipinski definition) is 4. The molecule has 0 bridgehead atoms. The van der Waals surface area contributed by atoms with Crippen molar-refractivity contribution >= 4 is 28.2 Å². The van der Waals surface area contributed by atoms with Crippen LogP contribution in [0.4, 0.5) is 0 Å². The van der Waals surface area contributed by atoms with E-state index in [9.17, 15) is 13.2 Å². The van der Waals surface area contributed by atoms with Crippen LogP contribution in [-0.4, -0.2) is 56.4 Å². The molecular formula is C16H31ClN2O3S. The zero-order chi connectivity index (χ0) is 16.0. The molecule has 2 rings (SSSR count). The minimum atomic E-state index is -3.07. The Bertz CT molecular complexity index is 456. The van der Waals surface area contributed by atoms with E-state index in [1.165, 1.54) is 0 Å². The summed E-state index contributed by atoms with van der Waals surface area (Å²) in [7, 11) is -3.07. The Labute approximate surface area is 146 Å². The average Bonchev–Trinajstić information content (AvgIpc) is 3.06. The van der Waals surface area contributed by atoms with Crippen LogP contribution in [0.25, 0.3) is 0 Å². The summed E-state index contributed by atoms with van der Waals surface area (Å²) in [6.07, 6.45) is 5.80. The average molecular weight is 367 g/mol. The Morgan fingerprint density at radius 1 is 1.13 bits per heavy atom. The van der Waals surface area contributed by atoms with Crippen LogP contribution in [0.2, 0.25) is 0 Å². The van der Waals surface area contributed by atoms with Gasteiger partial charge in [0.25, 0.3) is 0 Å². The molecule has 1 aliphatic heterocycles. The van der Waals surface area contributed by atoms with Crippen molar-refractivity contribution in [2.75, 3.05) is 31.9 Å². The van der Waals surface area contributed by atoms with E-state index in [1.807, 2.05) is 4.90 Å². The summed E-state index contributed by atoms with van der Waals surface area (Å²) < 4.78 is 24.4. The van der Waals surface area contributed by atoms with E-state index in [4.69, 9.17) is 0 Å². The summed E-state index contributed by atoms with van der Waals surface area (Å²) in [6, 6.07) is 0. The van der Waals surface area contributed by atoms with Gasteiger partial charge in [0.2, 0.25) is 5.91 Å². The highest BCUT2D eigenvalue weighted by Gasteiger charge is 2.30. The van der Waals surface area contributed by atoms with Crippen molar-refractivity contribution in [1.82, 2.24) is 10.2 Å². The van der Waals surface area contributed by atoms with Crippen molar-refractivity contribution < 1.29 is 13.2 Å². The smallest absolute Gasteiger partial charge is 0.223 e. The number of carbonyl (C=O) groups excluding carboxylic acids is 1. The zero-order valence-electron chi connectivity index (χ0n) is 14.1. The first-order valence-electron chi connectivity index (χ1n) is 8.73. The van der Waals surface area contributed by atoms with Gasteiger partial charge in [0, 0.05) is 19.5 Å². The van der Waals surface area contributed by atoms with Crippen LogP contribution in [0.3, 0.4) is 0 Å². The monoisotopic (exact) mass is 366 g/mol. The number of hydrogen-bond donors (Lipinski definition) is 1. The number of nitrogens with one attached hydrogen (secondary N) is 1. The Morgan fingerprint density at radius 3 is 2.30 bits per heavy atom. The molecule has 1 saturated carbocycles. The highest BCUT2D eigenvalue weighted by atomic mass is 35.5. The molecule has 23 heavy (non-hydrogen) atoms. The van der Waals surface area contributed by atoms with Gasteiger partial charge in [-0.1, -0.05) is 19.8 Å². The second-order valence-electron chi connectivity index (χ2n) is 6.66. The molecule has 1 heterocycles. The molecule has 0 aromatic rings. The predicted octanol–water partition coefficient (Wildman–Crippen LogP) is 2.00. The lowest BCUT2D eigenvalue weighted by molar-refractivity contribution is -0.132. The van der Waals surface area contributed by atoms with Crippen LogP contribution in [-0.2, 0) is 14.6 Å². The Balaban J connectivity index is 0.00000264. The summed E-state index contributed by atoms with van der Waals surface area (Å²) in [5.74, 6) is 0.697. The highest BCUT2D eigenvalue weighted by molar-refractivity contribution is 7.92. The molecule has 7 heteroatoms. The second kappa shape index (κ2) is 9.84. The van der Waals surface area contributed by atoms with Gasteiger partial charge in [0.1, 0.15) is 0 Å². The molecule has 0 atom stereocenters. The molecule has 0 unspecified atom stereocenters. The third-order valence-corrected chi connectivity index (χ3v) is 7.32. The van der Waals surface area contributed by atoms with Gasteiger partial charge in [0.05, 0.1) is 11.0 Å². The van der Waals surface area contributed by atoms with Crippen molar-refractivity contribution in [3.63, 3.8) is 0 Å². The lowest BCUT2D eigenvalue weighted by Crippen LogP contribution is -2.41. The van der Waals surface area contributed by atoms with E-state index in [0.29, 0.717) is 5.92 Å². The molecule has 5 nitrogen and oxygen atoms in total. The number of sulfone groups is 1. The number of piperidine rings is 1. The molecular weight excluding hydrogens is 336 g/mol. The Morgan fingerprint density at radius 2 is 1.74 bits per heavy atom. The number of carbonyl (C=O) groups is 1. The van der Waals surface area contributed by atoms with Gasteiger partial charge >= 0.3 is 0 Å². The van der Waals surface area contributed by atoms with Gasteiger partial charge in [-0.05, 0) is 44.7 Å². The summed E-state index contributed by atoms with van der Waals surface area (Å²) in [4.78, 5) is 14.1. The molecule has 0 aromatic carbocycles. The minimum Gasteiger partial charge on any atom is -0.343 e. The lowest BCUT2D eigenvalue weighted by atomic mass is 9.96. The quantitative estimate of drug-likeness (QED) is 0.748. The van der Waals surface area contributed by atoms with Gasteiger partial charge in [-0.15, -0.1) is 12.4 Å². The molecule has 1 amide bonds. The Kier molecular flexibility index (Phi) is 8.86. The summed E-state index contributed by atoms with van der Waals surface area (Å²) in [5.41, 5.74) is 0. The number of amides is 1. The van der Waals surface area contributed by atoms with Crippen LogP contribution in [0.15, 0.2) is 0 Å². The first kappa shape index (κ1) is 20.7.